The van der Waals surface area contributed by atoms with Crippen molar-refractivity contribution in [2.24, 2.45) is 0 Å². The van der Waals surface area contributed by atoms with E-state index in [1.54, 1.807) is 59.8 Å². The zero-order valence-electron chi connectivity index (χ0n) is 17.8. The fraction of sp³-hybridized carbons (Fsp3) is 0.167. The predicted molar refractivity (Wildman–Crippen MR) is 128 cm³/mol. The molecule has 0 aliphatic heterocycles. The molecule has 0 bridgehead atoms. The molecule has 3 aromatic rings. The van der Waals surface area contributed by atoms with Gasteiger partial charge in [-0.3, -0.25) is 14.5 Å². The van der Waals surface area contributed by atoms with Crippen molar-refractivity contribution in [2.75, 3.05) is 4.72 Å². The second-order valence-corrected chi connectivity index (χ2v) is 9.50. The number of carbonyl (C=O) groups is 1. The van der Waals surface area contributed by atoms with Crippen LogP contribution in [-0.2, 0) is 21.4 Å². The minimum Gasteiger partial charge on any atom is -0.332 e. The van der Waals surface area contributed by atoms with Gasteiger partial charge >= 0.3 is 0 Å². The summed E-state index contributed by atoms with van der Waals surface area (Å²) in [6.07, 6.45) is 6.59. The summed E-state index contributed by atoms with van der Waals surface area (Å²) in [5.74, 6) is -0.138. The second kappa shape index (κ2) is 10.4. The van der Waals surface area contributed by atoms with Crippen LogP contribution < -0.4 is 4.72 Å². The van der Waals surface area contributed by atoms with E-state index in [1.807, 2.05) is 26.0 Å². The minimum absolute atomic E-state index is 0.00996. The summed E-state index contributed by atoms with van der Waals surface area (Å²) in [6, 6.07) is 16.7. The van der Waals surface area contributed by atoms with Gasteiger partial charge in [0.25, 0.3) is 10.0 Å². The first-order chi connectivity index (χ1) is 15.3. The van der Waals surface area contributed by atoms with E-state index in [1.165, 1.54) is 18.2 Å². The third kappa shape index (κ3) is 6.18. The van der Waals surface area contributed by atoms with Gasteiger partial charge in [-0.1, -0.05) is 41.9 Å². The molecule has 0 saturated heterocycles. The molecule has 3 rings (SSSR count). The number of aromatic nitrogens is 1. The summed E-state index contributed by atoms with van der Waals surface area (Å²) in [5, 5.41) is 0.315. The van der Waals surface area contributed by atoms with Crippen LogP contribution in [0.5, 0.6) is 0 Å². The van der Waals surface area contributed by atoms with Crippen molar-refractivity contribution in [1.82, 2.24) is 9.88 Å². The van der Waals surface area contributed by atoms with Gasteiger partial charge in [-0.05, 0) is 61.4 Å². The van der Waals surface area contributed by atoms with Crippen molar-refractivity contribution >= 4 is 39.3 Å². The smallest absolute Gasteiger partial charge is 0.261 e. The number of carbonyl (C=O) groups excluding carboxylic acids is 1. The maximum atomic E-state index is 12.7. The molecule has 1 aromatic heterocycles. The zero-order valence-corrected chi connectivity index (χ0v) is 19.3. The molecule has 0 fully saturated rings. The molecule has 6 nitrogen and oxygen atoms in total. The number of nitrogens with zero attached hydrogens (tertiary/aromatic N) is 2. The number of para-hydroxylation sites is 1. The molecule has 0 saturated carbocycles. The lowest BCUT2D eigenvalue weighted by atomic mass is 10.2. The van der Waals surface area contributed by atoms with Gasteiger partial charge in [0.15, 0.2) is 0 Å². The van der Waals surface area contributed by atoms with Gasteiger partial charge in [-0.15, -0.1) is 0 Å². The molecule has 0 unspecified atom stereocenters. The van der Waals surface area contributed by atoms with Crippen molar-refractivity contribution < 1.29 is 13.2 Å². The normalized spacial score (nSPS) is 11.6. The highest BCUT2D eigenvalue weighted by atomic mass is 35.5. The van der Waals surface area contributed by atoms with E-state index >= 15 is 0 Å². The number of sulfonamides is 1. The summed E-state index contributed by atoms with van der Waals surface area (Å²) in [7, 11) is -3.78. The Morgan fingerprint density at radius 2 is 1.81 bits per heavy atom. The number of rotatable bonds is 8. The lowest BCUT2D eigenvalue weighted by molar-refractivity contribution is -0.128. The third-order valence-electron chi connectivity index (χ3n) is 4.71. The Morgan fingerprint density at radius 1 is 1.09 bits per heavy atom. The maximum Gasteiger partial charge on any atom is 0.261 e. The van der Waals surface area contributed by atoms with Crippen LogP contribution in [0, 0.1) is 0 Å². The monoisotopic (exact) mass is 469 g/mol. The zero-order chi connectivity index (χ0) is 23.1. The van der Waals surface area contributed by atoms with Crippen LogP contribution in [0.1, 0.15) is 25.0 Å². The van der Waals surface area contributed by atoms with Gasteiger partial charge in [-0.2, -0.15) is 0 Å². The Morgan fingerprint density at radius 3 is 2.44 bits per heavy atom. The van der Waals surface area contributed by atoms with Crippen LogP contribution in [0.25, 0.3) is 6.08 Å². The van der Waals surface area contributed by atoms with Gasteiger partial charge in [0, 0.05) is 31.1 Å². The molecule has 0 spiro atoms. The Balaban J connectivity index is 1.70. The minimum atomic E-state index is -3.78. The summed E-state index contributed by atoms with van der Waals surface area (Å²) >= 11 is 6.04. The van der Waals surface area contributed by atoms with E-state index < -0.39 is 10.0 Å². The van der Waals surface area contributed by atoms with Crippen LogP contribution in [0.2, 0.25) is 5.02 Å². The van der Waals surface area contributed by atoms with Gasteiger partial charge in [0.2, 0.25) is 5.91 Å². The van der Waals surface area contributed by atoms with Gasteiger partial charge in [0.05, 0.1) is 15.6 Å². The molecular weight excluding hydrogens is 446 g/mol. The lowest BCUT2D eigenvalue weighted by Crippen LogP contribution is -2.35. The first kappa shape index (κ1) is 23.5. The molecule has 8 heteroatoms. The fourth-order valence-corrected chi connectivity index (χ4v) is 4.29. The molecule has 166 valence electrons. The Labute approximate surface area is 193 Å². The SMILES string of the molecule is CC(C)N(Cc1cccnc1)C(=O)/C=C/c1ccc(S(=O)(=O)Nc2ccccc2Cl)cc1. The Hall–Kier alpha value is -3.16. The van der Waals surface area contributed by atoms with E-state index in [-0.39, 0.29) is 16.8 Å². The van der Waals surface area contributed by atoms with E-state index in [0.29, 0.717) is 22.8 Å². The van der Waals surface area contributed by atoms with E-state index in [9.17, 15) is 13.2 Å². The number of benzene rings is 2. The van der Waals surface area contributed by atoms with Crippen molar-refractivity contribution in [1.29, 1.82) is 0 Å². The highest BCUT2D eigenvalue weighted by Gasteiger charge is 2.16. The number of hydrogen-bond acceptors (Lipinski definition) is 4. The summed E-state index contributed by atoms with van der Waals surface area (Å²) in [6.45, 7) is 4.36. The number of amides is 1. The molecule has 0 aliphatic carbocycles. The number of hydrogen-bond donors (Lipinski definition) is 1. The molecule has 32 heavy (non-hydrogen) atoms. The Bertz CT molecular complexity index is 1190. The number of nitrogens with one attached hydrogen (secondary N) is 1. The van der Waals surface area contributed by atoms with E-state index in [0.717, 1.165) is 5.56 Å². The van der Waals surface area contributed by atoms with Crippen molar-refractivity contribution in [3.8, 4) is 0 Å². The molecule has 0 aliphatic rings. The topological polar surface area (TPSA) is 79.4 Å². The summed E-state index contributed by atoms with van der Waals surface area (Å²) < 4.78 is 27.7. The summed E-state index contributed by atoms with van der Waals surface area (Å²) in [5.41, 5.74) is 1.97. The Kier molecular flexibility index (Phi) is 7.66. The van der Waals surface area contributed by atoms with Crippen LogP contribution >= 0.6 is 11.6 Å². The summed E-state index contributed by atoms with van der Waals surface area (Å²) in [4.78, 5) is 18.6. The number of halogens is 1. The molecular formula is C24H24ClN3O3S. The second-order valence-electron chi connectivity index (χ2n) is 7.41. The average molecular weight is 470 g/mol. The number of pyridine rings is 1. The molecule has 1 amide bonds. The van der Waals surface area contributed by atoms with E-state index in [4.69, 9.17) is 11.6 Å². The average Bonchev–Trinajstić information content (AvgIpc) is 2.78. The van der Waals surface area contributed by atoms with Gasteiger partial charge in [-0.25, -0.2) is 8.42 Å². The number of anilines is 1. The standard InChI is InChI=1S/C24H24ClN3O3S/c1-18(2)28(17-20-6-5-15-26-16-20)24(29)14-11-19-9-12-21(13-10-19)32(30,31)27-23-8-4-3-7-22(23)25/h3-16,18,27H,17H2,1-2H3/b14-11+. The predicted octanol–water partition coefficient (Wildman–Crippen LogP) is 4.99. The lowest BCUT2D eigenvalue weighted by Gasteiger charge is -2.25. The van der Waals surface area contributed by atoms with Crippen LogP contribution in [0.4, 0.5) is 5.69 Å². The van der Waals surface area contributed by atoms with Crippen molar-refractivity contribution in [2.45, 2.75) is 31.3 Å². The van der Waals surface area contributed by atoms with Gasteiger partial charge < -0.3 is 4.90 Å². The highest BCUT2D eigenvalue weighted by Crippen LogP contribution is 2.24. The van der Waals surface area contributed by atoms with Crippen LogP contribution in [-0.4, -0.2) is 30.3 Å². The van der Waals surface area contributed by atoms with Crippen LogP contribution in [0.15, 0.2) is 84.0 Å². The first-order valence-corrected chi connectivity index (χ1v) is 11.9. The molecule has 2 aromatic carbocycles. The van der Waals surface area contributed by atoms with Crippen molar-refractivity contribution in [3.05, 3.63) is 95.3 Å². The largest absolute Gasteiger partial charge is 0.332 e. The highest BCUT2D eigenvalue weighted by molar-refractivity contribution is 7.92. The molecule has 0 atom stereocenters. The molecule has 0 radical (unpaired) electrons. The first-order valence-electron chi connectivity index (χ1n) is 10.0. The quantitative estimate of drug-likeness (QED) is 0.471. The maximum absolute atomic E-state index is 12.7. The molecule has 1 N–H and O–H groups in total. The fourth-order valence-electron chi connectivity index (χ4n) is 2.97. The van der Waals surface area contributed by atoms with Gasteiger partial charge in [0.1, 0.15) is 0 Å². The van der Waals surface area contributed by atoms with Crippen LogP contribution in [0.3, 0.4) is 0 Å². The van der Waals surface area contributed by atoms with E-state index in [2.05, 4.69) is 9.71 Å². The molecule has 1 heterocycles. The van der Waals surface area contributed by atoms with Crippen molar-refractivity contribution in [3.63, 3.8) is 0 Å². The third-order valence-corrected chi connectivity index (χ3v) is 6.42.